The summed E-state index contributed by atoms with van der Waals surface area (Å²) in [7, 11) is 0. The predicted molar refractivity (Wildman–Crippen MR) is 63.2 cm³/mol. The van der Waals surface area contributed by atoms with Crippen LogP contribution in [0.5, 0.6) is 0 Å². The summed E-state index contributed by atoms with van der Waals surface area (Å²) >= 11 is 0. The second-order valence-electron chi connectivity index (χ2n) is 5.23. The lowest BCUT2D eigenvalue weighted by Gasteiger charge is -2.35. The maximum atomic E-state index is 12.2. The zero-order valence-corrected chi connectivity index (χ0v) is 10.3. The minimum atomic E-state index is -0.235. The first-order valence-electron chi connectivity index (χ1n) is 6.69. The zero-order valence-electron chi connectivity index (χ0n) is 10.3. The quantitative estimate of drug-likeness (QED) is 0.749. The molecule has 2 fully saturated rings. The highest BCUT2D eigenvalue weighted by atomic mass is 16.5. The molecule has 0 radical (unpaired) electrons. The van der Waals surface area contributed by atoms with Gasteiger partial charge >= 0.3 is 5.97 Å². The van der Waals surface area contributed by atoms with Gasteiger partial charge in [-0.2, -0.15) is 0 Å². The van der Waals surface area contributed by atoms with Crippen molar-refractivity contribution in [3.05, 3.63) is 0 Å². The van der Waals surface area contributed by atoms with Crippen molar-refractivity contribution in [1.82, 2.24) is 5.32 Å². The number of hydrogen-bond acceptors (Lipinski definition) is 3. The van der Waals surface area contributed by atoms with E-state index in [4.69, 9.17) is 4.74 Å². The highest BCUT2D eigenvalue weighted by Crippen LogP contribution is 2.33. The molecule has 1 heterocycles. The van der Waals surface area contributed by atoms with E-state index in [2.05, 4.69) is 12.2 Å². The lowest BCUT2D eigenvalue weighted by atomic mass is 9.78. The van der Waals surface area contributed by atoms with Crippen molar-refractivity contribution in [2.75, 3.05) is 13.1 Å². The van der Waals surface area contributed by atoms with E-state index >= 15 is 0 Å². The number of rotatable bonds is 3. The van der Waals surface area contributed by atoms with Crippen LogP contribution in [-0.2, 0) is 9.53 Å². The first-order valence-corrected chi connectivity index (χ1v) is 6.69. The molecule has 1 N–H and O–H groups in total. The predicted octanol–water partition coefficient (Wildman–Crippen LogP) is 2.25. The van der Waals surface area contributed by atoms with E-state index in [0.29, 0.717) is 0 Å². The molecule has 92 valence electrons. The zero-order chi connectivity index (χ0) is 11.4. The van der Waals surface area contributed by atoms with Crippen LogP contribution in [0.1, 0.15) is 51.9 Å². The summed E-state index contributed by atoms with van der Waals surface area (Å²) in [6.45, 7) is 3.94. The van der Waals surface area contributed by atoms with Crippen molar-refractivity contribution in [3.63, 3.8) is 0 Å². The van der Waals surface area contributed by atoms with Gasteiger partial charge < -0.3 is 10.1 Å². The van der Waals surface area contributed by atoms with E-state index in [9.17, 15) is 4.79 Å². The van der Waals surface area contributed by atoms with Gasteiger partial charge in [0.15, 0.2) is 0 Å². The highest BCUT2D eigenvalue weighted by molar-refractivity contribution is 5.77. The second kappa shape index (κ2) is 5.17. The number of nitrogens with one attached hydrogen (secondary N) is 1. The van der Waals surface area contributed by atoms with Crippen molar-refractivity contribution >= 4 is 5.97 Å². The first-order chi connectivity index (χ1) is 7.77. The summed E-state index contributed by atoms with van der Waals surface area (Å²) in [6, 6.07) is 0. The Morgan fingerprint density at radius 2 is 2.12 bits per heavy atom. The molecule has 1 aliphatic carbocycles. The summed E-state index contributed by atoms with van der Waals surface area (Å²) in [4.78, 5) is 12.2. The fourth-order valence-electron chi connectivity index (χ4n) is 2.87. The van der Waals surface area contributed by atoms with Crippen LogP contribution in [0.25, 0.3) is 0 Å². The largest absolute Gasteiger partial charge is 0.462 e. The van der Waals surface area contributed by atoms with Crippen LogP contribution in [0, 0.1) is 5.41 Å². The third-order valence-electron chi connectivity index (χ3n) is 4.16. The molecule has 1 saturated heterocycles. The molecule has 2 rings (SSSR count). The van der Waals surface area contributed by atoms with Gasteiger partial charge in [-0.15, -0.1) is 0 Å². The maximum absolute atomic E-state index is 12.2. The minimum Gasteiger partial charge on any atom is -0.462 e. The van der Waals surface area contributed by atoms with Crippen molar-refractivity contribution in [1.29, 1.82) is 0 Å². The molecule has 0 bridgehead atoms. The van der Waals surface area contributed by atoms with Gasteiger partial charge in [-0.25, -0.2) is 0 Å². The molecule has 2 aliphatic rings. The normalized spacial score (nSPS) is 31.6. The van der Waals surface area contributed by atoms with Gasteiger partial charge in [0.2, 0.25) is 0 Å². The van der Waals surface area contributed by atoms with Gasteiger partial charge in [0, 0.05) is 6.54 Å². The number of esters is 1. The SMILES string of the molecule is CCC1(C(=O)OC2CCCC2)CCCNC1. The summed E-state index contributed by atoms with van der Waals surface area (Å²) in [5.74, 6) is 0.0501. The molecule has 0 spiro atoms. The summed E-state index contributed by atoms with van der Waals surface area (Å²) < 4.78 is 5.67. The Balaban J connectivity index is 1.94. The second-order valence-corrected chi connectivity index (χ2v) is 5.23. The summed E-state index contributed by atoms with van der Waals surface area (Å²) in [6.07, 6.45) is 7.75. The van der Waals surface area contributed by atoms with E-state index in [1.165, 1.54) is 12.8 Å². The van der Waals surface area contributed by atoms with Crippen LogP contribution in [0.3, 0.4) is 0 Å². The Bertz CT molecular complexity index is 240. The van der Waals surface area contributed by atoms with Gasteiger partial charge in [-0.1, -0.05) is 6.92 Å². The molecular weight excluding hydrogens is 202 g/mol. The Kier molecular flexibility index (Phi) is 3.85. The topological polar surface area (TPSA) is 38.3 Å². The molecule has 0 aromatic rings. The van der Waals surface area contributed by atoms with Crippen LogP contribution < -0.4 is 5.32 Å². The average molecular weight is 225 g/mol. The van der Waals surface area contributed by atoms with Crippen LogP contribution in [0.2, 0.25) is 0 Å². The molecule has 16 heavy (non-hydrogen) atoms. The molecule has 3 heteroatoms. The van der Waals surface area contributed by atoms with Gasteiger partial charge in [-0.3, -0.25) is 4.79 Å². The molecule has 3 nitrogen and oxygen atoms in total. The fraction of sp³-hybridized carbons (Fsp3) is 0.923. The number of ether oxygens (including phenoxy) is 1. The molecule has 1 aliphatic heterocycles. The van der Waals surface area contributed by atoms with Gasteiger partial charge in [0.25, 0.3) is 0 Å². The standard InChI is InChI=1S/C13H23NO2/c1-2-13(8-5-9-14-10-13)12(15)16-11-6-3-4-7-11/h11,14H,2-10H2,1H3. The average Bonchev–Trinajstić information content (AvgIpc) is 2.82. The molecule has 0 aromatic carbocycles. The maximum Gasteiger partial charge on any atom is 0.313 e. The Hall–Kier alpha value is -0.570. The third kappa shape index (κ3) is 2.40. The molecular formula is C13H23NO2. The Labute approximate surface area is 97.9 Å². The monoisotopic (exact) mass is 225 g/mol. The van der Waals surface area contributed by atoms with Crippen molar-refractivity contribution in [2.24, 2.45) is 5.41 Å². The van der Waals surface area contributed by atoms with E-state index < -0.39 is 0 Å². The fourth-order valence-corrected chi connectivity index (χ4v) is 2.87. The molecule has 1 atom stereocenters. The van der Waals surface area contributed by atoms with Gasteiger partial charge in [0.05, 0.1) is 5.41 Å². The van der Waals surface area contributed by atoms with E-state index in [1.54, 1.807) is 0 Å². The van der Waals surface area contributed by atoms with Crippen LogP contribution in [0.15, 0.2) is 0 Å². The van der Waals surface area contributed by atoms with E-state index in [-0.39, 0.29) is 17.5 Å². The smallest absolute Gasteiger partial charge is 0.313 e. The van der Waals surface area contributed by atoms with Crippen molar-refractivity contribution < 1.29 is 9.53 Å². The molecule has 1 unspecified atom stereocenters. The number of carbonyl (C=O) groups is 1. The van der Waals surface area contributed by atoms with Crippen LogP contribution >= 0.6 is 0 Å². The number of piperidine rings is 1. The van der Waals surface area contributed by atoms with Crippen molar-refractivity contribution in [2.45, 2.75) is 58.0 Å². The molecule has 0 aromatic heterocycles. The van der Waals surface area contributed by atoms with E-state index in [0.717, 1.165) is 45.2 Å². The Morgan fingerprint density at radius 3 is 2.69 bits per heavy atom. The highest BCUT2D eigenvalue weighted by Gasteiger charge is 2.40. The number of hydrogen-bond donors (Lipinski definition) is 1. The molecule has 1 saturated carbocycles. The first kappa shape index (κ1) is 11.9. The molecule has 0 amide bonds. The van der Waals surface area contributed by atoms with Crippen molar-refractivity contribution in [3.8, 4) is 0 Å². The Morgan fingerprint density at radius 1 is 1.38 bits per heavy atom. The minimum absolute atomic E-state index is 0.0501. The number of carbonyl (C=O) groups excluding carboxylic acids is 1. The summed E-state index contributed by atoms with van der Waals surface area (Å²) in [5.41, 5.74) is -0.235. The van der Waals surface area contributed by atoms with E-state index in [1.807, 2.05) is 0 Å². The van der Waals surface area contributed by atoms with Gasteiger partial charge in [-0.05, 0) is 51.5 Å². The van der Waals surface area contributed by atoms with Crippen LogP contribution in [0.4, 0.5) is 0 Å². The third-order valence-corrected chi connectivity index (χ3v) is 4.16. The van der Waals surface area contributed by atoms with Gasteiger partial charge in [0.1, 0.15) is 6.10 Å². The lowest BCUT2D eigenvalue weighted by molar-refractivity contribution is -0.162. The summed E-state index contributed by atoms with van der Waals surface area (Å²) in [5, 5.41) is 3.33. The lowest BCUT2D eigenvalue weighted by Crippen LogP contribution is -2.46. The van der Waals surface area contributed by atoms with Crippen LogP contribution in [-0.4, -0.2) is 25.2 Å².